The Morgan fingerprint density at radius 1 is 1.30 bits per heavy atom. The Labute approximate surface area is 144 Å². The summed E-state index contributed by atoms with van der Waals surface area (Å²) >= 11 is 0. The molecular weight excluding hydrogens is 300 g/mol. The van der Waals surface area contributed by atoms with Crippen LogP contribution < -0.4 is 0 Å². The molecule has 0 heterocycles. The molecule has 2 nitrogen and oxygen atoms in total. The van der Waals surface area contributed by atoms with E-state index < -0.39 is 13.9 Å². The zero-order valence-corrected chi connectivity index (χ0v) is 17.6. The molecule has 0 unspecified atom stereocenters. The molecule has 1 fully saturated rings. The standard InChI is InChI=1S/C20H36O2Si/c1-15(11-13-22-23(8,9)17(2,3)4)20(21)14-16-10-12-19(20,7)18(16,5)6/h10-12,16,21H,13-14H2,1-9H3/b15-11+/t16-,19-,20+/m0/s1. The van der Waals surface area contributed by atoms with E-state index in [0.29, 0.717) is 12.5 Å². The minimum atomic E-state index is -1.74. The van der Waals surface area contributed by atoms with E-state index in [1.165, 1.54) is 0 Å². The molecule has 0 aromatic heterocycles. The molecule has 132 valence electrons. The van der Waals surface area contributed by atoms with E-state index >= 15 is 0 Å². The van der Waals surface area contributed by atoms with Crippen LogP contribution in [0.3, 0.4) is 0 Å². The number of hydrogen-bond acceptors (Lipinski definition) is 2. The van der Waals surface area contributed by atoms with Crippen molar-refractivity contribution in [2.24, 2.45) is 16.7 Å². The fourth-order valence-electron chi connectivity index (χ4n) is 4.00. The number of hydrogen-bond donors (Lipinski definition) is 1. The lowest BCUT2D eigenvalue weighted by Crippen LogP contribution is -2.47. The quantitative estimate of drug-likeness (QED) is 0.557. The third kappa shape index (κ3) is 2.60. The Bertz CT molecular complexity index is 538. The predicted octanol–water partition coefficient (Wildman–Crippen LogP) is 5.31. The lowest BCUT2D eigenvalue weighted by Gasteiger charge is -2.44. The highest BCUT2D eigenvalue weighted by molar-refractivity contribution is 6.74. The first-order chi connectivity index (χ1) is 10.2. The molecule has 2 aliphatic rings. The maximum atomic E-state index is 11.5. The zero-order valence-electron chi connectivity index (χ0n) is 16.6. The maximum Gasteiger partial charge on any atom is 0.192 e. The minimum Gasteiger partial charge on any atom is -0.413 e. The first-order valence-corrected chi connectivity index (χ1v) is 11.8. The first-order valence-electron chi connectivity index (χ1n) is 8.92. The SMILES string of the molecule is C/C(=C\CO[Si](C)(C)C(C)(C)C)[C@]1(O)C[C@@H]2C=C[C@@]1(C)C2(C)C. The van der Waals surface area contributed by atoms with Crippen LogP contribution in [0.2, 0.25) is 18.1 Å². The first kappa shape index (κ1) is 18.9. The predicted molar refractivity (Wildman–Crippen MR) is 101 cm³/mol. The molecule has 0 spiro atoms. The molecule has 23 heavy (non-hydrogen) atoms. The van der Waals surface area contributed by atoms with Crippen LogP contribution in [0.5, 0.6) is 0 Å². The van der Waals surface area contributed by atoms with Crippen molar-refractivity contribution in [3.8, 4) is 0 Å². The van der Waals surface area contributed by atoms with E-state index in [4.69, 9.17) is 4.43 Å². The topological polar surface area (TPSA) is 29.5 Å². The van der Waals surface area contributed by atoms with Crippen LogP contribution >= 0.6 is 0 Å². The van der Waals surface area contributed by atoms with Gasteiger partial charge in [-0.25, -0.2) is 0 Å². The molecule has 2 rings (SSSR count). The monoisotopic (exact) mass is 336 g/mol. The van der Waals surface area contributed by atoms with E-state index in [-0.39, 0.29) is 15.9 Å². The van der Waals surface area contributed by atoms with Gasteiger partial charge in [0.2, 0.25) is 0 Å². The van der Waals surface area contributed by atoms with Crippen LogP contribution in [0.4, 0.5) is 0 Å². The van der Waals surface area contributed by atoms with Crippen molar-refractivity contribution in [3.63, 3.8) is 0 Å². The summed E-state index contributed by atoms with van der Waals surface area (Å²) in [6, 6.07) is 0. The summed E-state index contributed by atoms with van der Waals surface area (Å²) in [5.41, 5.74) is 0.241. The van der Waals surface area contributed by atoms with Crippen molar-refractivity contribution in [1.82, 2.24) is 0 Å². The molecule has 0 aromatic rings. The fraction of sp³-hybridized carbons (Fsp3) is 0.800. The van der Waals surface area contributed by atoms with Crippen LogP contribution in [-0.4, -0.2) is 25.6 Å². The van der Waals surface area contributed by atoms with E-state index in [9.17, 15) is 5.11 Å². The molecule has 0 radical (unpaired) electrons. The Morgan fingerprint density at radius 2 is 1.87 bits per heavy atom. The van der Waals surface area contributed by atoms with Gasteiger partial charge in [-0.3, -0.25) is 0 Å². The summed E-state index contributed by atoms with van der Waals surface area (Å²) in [6.07, 6.45) is 7.49. The molecule has 1 N–H and O–H groups in total. The third-order valence-electron chi connectivity index (χ3n) is 7.59. The molecular formula is C20H36O2Si. The van der Waals surface area contributed by atoms with Gasteiger partial charge in [0.05, 0.1) is 12.2 Å². The van der Waals surface area contributed by atoms with Gasteiger partial charge < -0.3 is 9.53 Å². The van der Waals surface area contributed by atoms with E-state index in [1.807, 2.05) is 0 Å². The fourth-order valence-corrected chi connectivity index (χ4v) is 4.94. The van der Waals surface area contributed by atoms with Crippen LogP contribution in [-0.2, 0) is 4.43 Å². The van der Waals surface area contributed by atoms with Crippen LogP contribution in [0.1, 0.15) is 54.9 Å². The smallest absolute Gasteiger partial charge is 0.192 e. The van der Waals surface area contributed by atoms with Gasteiger partial charge in [-0.1, -0.05) is 59.8 Å². The minimum absolute atomic E-state index is 0.108. The molecule has 0 amide bonds. The molecule has 2 bridgehead atoms. The molecule has 2 aliphatic carbocycles. The van der Waals surface area contributed by atoms with Gasteiger partial charge in [0.25, 0.3) is 0 Å². The van der Waals surface area contributed by atoms with Crippen LogP contribution in [0, 0.1) is 16.7 Å². The Balaban J connectivity index is 2.16. The summed E-state index contributed by atoms with van der Waals surface area (Å²) in [6.45, 7) is 20.8. The molecule has 0 aromatic carbocycles. The number of fused-ring (bicyclic) bond motifs is 2. The Morgan fingerprint density at radius 3 is 2.26 bits per heavy atom. The summed E-state index contributed by atoms with van der Waals surface area (Å²) in [4.78, 5) is 0. The second-order valence-corrected chi connectivity index (χ2v) is 14.7. The number of aliphatic hydroxyl groups is 1. The summed E-state index contributed by atoms with van der Waals surface area (Å²) in [7, 11) is -1.74. The van der Waals surface area contributed by atoms with Crippen molar-refractivity contribution in [2.75, 3.05) is 6.61 Å². The normalized spacial score (nSPS) is 36.8. The largest absolute Gasteiger partial charge is 0.413 e. The molecule has 1 saturated carbocycles. The molecule has 3 heteroatoms. The van der Waals surface area contributed by atoms with E-state index in [1.54, 1.807) is 0 Å². The highest BCUT2D eigenvalue weighted by Crippen LogP contribution is 2.67. The number of allylic oxidation sites excluding steroid dienone is 1. The van der Waals surface area contributed by atoms with Gasteiger partial charge in [0, 0.05) is 5.41 Å². The highest BCUT2D eigenvalue weighted by atomic mass is 28.4. The lowest BCUT2D eigenvalue weighted by atomic mass is 9.63. The lowest BCUT2D eigenvalue weighted by molar-refractivity contribution is -0.0275. The average molecular weight is 337 g/mol. The van der Waals surface area contributed by atoms with Gasteiger partial charge in [0.15, 0.2) is 8.32 Å². The summed E-state index contributed by atoms with van der Waals surface area (Å²) in [5.74, 6) is 0.460. The second kappa shape index (κ2) is 5.31. The highest BCUT2D eigenvalue weighted by Gasteiger charge is 2.66. The number of rotatable bonds is 4. The van der Waals surface area contributed by atoms with Gasteiger partial charge in [-0.05, 0) is 48.4 Å². The average Bonchev–Trinajstić information content (AvgIpc) is 2.69. The maximum absolute atomic E-state index is 11.5. The van der Waals surface area contributed by atoms with Crippen LogP contribution in [0.25, 0.3) is 0 Å². The van der Waals surface area contributed by atoms with Gasteiger partial charge in [0.1, 0.15) is 0 Å². The van der Waals surface area contributed by atoms with Crippen molar-refractivity contribution in [2.45, 2.75) is 78.6 Å². The Kier molecular flexibility index (Phi) is 4.37. The summed E-state index contributed by atoms with van der Waals surface area (Å²) < 4.78 is 6.27. The molecule has 0 saturated heterocycles. The van der Waals surface area contributed by atoms with Crippen molar-refractivity contribution in [3.05, 3.63) is 23.8 Å². The van der Waals surface area contributed by atoms with Gasteiger partial charge >= 0.3 is 0 Å². The Hall–Kier alpha value is -0.383. The molecule has 3 atom stereocenters. The van der Waals surface area contributed by atoms with E-state index in [0.717, 1.165) is 12.0 Å². The summed E-state index contributed by atoms with van der Waals surface area (Å²) in [5, 5.41) is 11.7. The van der Waals surface area contributed by atoms with Gasteiger partial charge in [-0.2, -0.15) is 0 Å². The van der Waals surface area contributed by atoms with Crippen molar-refractivity contribution in [1.29, 1.82) is 0 Å². The van der Waals surface area contributed by atoms with Gasteiger partial charge in [-0.15, -0.1) is 0 Å². The van der Waals surface area contributed by atoms with Crippen molar-refractivity contribution < 1.29 is 9.53 Å². The molecule has 0 aliphatic heterocycles. The van der Waals surface area contributed by atoms with Crippen molar-refractivity contribution >= 4 is 8.32 Å². The van der Waals surface area contributed by atoms with E-state index in [2.05, 4.69) is 79.8 Å². The van der Waals surface area contributed by atoms with Crippen LogP contribution in [0.15, 0.2) is 23.8 Å². The zero-order chi connectivity index (χ0) is 17.9. The third-order valence-corrected chi connectivity index (χ3v) is 12.1. The second-order valence-electron chi connectivity index (χ2n) is 9.91.